The molecular weight excluding hydrogens is 212 g/mol. The van der Waals surface area contributed by atoms with Crippen LogP contribution in [-0.4, -0.2) is 47.4 Å². The average molecular weight is 230 g/mol. The number of hydrogen-bond donors (Lipinski definition) is 1. The van der Waals surface area contributed by atoms with Crippen LogP contribution in [0.4, 0.5) is 0 Å². The van der Waals surface area contributed by atoms with Gasteiger partial charge >= 0.3 is 0 Å². The lowest BCUT2D eigenvalue weighted by Gasteiger charge is -2.27. The third-order valence-electron chi connectivity index (χ3n) is 3.39. The van der Waals surface area contributed by atoms with Crippen LogP contribution in [0.3, 0.4) is 0 Å². The second-order valence-electron chi connectivity index (χ2n) is 4.52. The summed E-state index contributed by atoms with van der Waals surface area (Å²) in [5.74, 6) is 0. The maximum absolute atomic E-state index is 4.45. The Kier molecular flexibility index (Phi) is 3.07. The van der Waals surface area contributed by atoms with Crippen molar-refractivity contribution in [2.24, 2.45) is 0 Å². The van der Waals surface area contributed by atoms with Gasteiger partial charge in [-0.3, -0.25) is 9.58 Å². The minimum Gasteiger partial charge on any atom is -0.314 e. The topological polar surface area (TPSA) is 33.1 Å². The van der Waals surface area contributed by atoms with E-state index in [4.69, 9.17) is 0 Å². The average Bonchev–Trinajstić information content (AvgIpc) is 2.81. The molecule has 0 aliphatic carbocycles. The second-order valence-corrected chi connectivity index (χ2v) is 4.52. The maximum Gasteiger partial charge on any atom is 0.0682 e. The van der Waals surface area contributed by atoms with Gasteiger partial charge in [0.1, 0.15) is 0 Å². The number of nitrogens with zero attached hydrogens (tertiary/aromatic N) is 3. The van der Waals surface area contributed by atoms with Crippen LogP contribution >= 0.6 is 0 Å². The molecular formula is C13H18N4. The molecule has 17 heavy (non-hydrogen) atoms. The Morgan fingerprint density at radius 1 is 1.12 bits per heavy atom. The lowest BCUT2D eigenvalue weighted by atomic mass is 10.2. The van der Waals surface area contributed by atoms with Crippen molar-refractivity contribution in [3.63, 3.8) is 0 Å². The number of benzene rings is 1. The van der Waals surface area contributed by atoms with Gasteiger partial charge < -0.3 is 5.32 Å². The highest BCUT2D eigenvalue weighted by Gasteiger charge is 2.09. The fourth-order valence-electron chi connectivity index (χ4n) is 2.37. The van der Waals surface area contributed by atoms with Crippen molar-refractivity contribution in [2.75, 3.05) is 32.7 Å². The van der Waals surface area contributed by atoms with E-state index in [9.17, 15) is 0 Å². The van der Waals surface area contributed by atoms with Gasteiger partial charge in [0.05, 0.1) is 18.3 Å². The van der Waals surface area contributed by atoms with Crippen LogP contribution < -0.4 is 5.32 Å². The number of nitrogens with one attached hydrogen (secondary N) is 1. The molecule has 0 radical (unpaired) electrons. The quantitative estimate of drug-likeness (QED) is 0.852. The first-order chi connectivity index (χ1) is 8.43. The van der Waals surface area contributed by atoms with Crippen LogP contribution in [0.25, 0.3) is 10.9 Å². The van der Waals surface area contributed by atoms with Gasteiger partial charge in [0.2, 0.25) is 0 Å². The normalized spacial score (nSPS) is 17.6. The molecule has 1 fully saturated rings. The first-order valence-corrected chi connectivity index (χ1v) is 6.27. The molecule has 0 saturated carbocycles. The fourth-order valence-corrected chi connectivity index (χ4v) is 2.37. The molecule has 0 amide bonds. The van der Waals surface area contributed by atoms with E-state index in [2.05, 4.69) is 44.3 Å². The standard InChI is InChI=1S/C13H18N4/c1-2-4-13-12(3-1)11-15-17(13)10-9-16-7-5-14-6-8-16/h1-4,11,14H,5-10H2. The summed E-state index contributed by atoms with van der Waals surface area (Å²) in [7, 11) is 0. The minimum atomic E-state index is 0.980. The summed E-state index contributed by atoms with van der Waals surface area (Å²) in [4.78, 5) is 2.49. The largest absolute Gasteiger partial charge is 0.314 e. The Labute approximate surface area is 101 Å². The molecule has 1 N–H and O–H groups in total. The molecule has 1 aromatic heterocycles. The molecule has 90 valence electrons. The van der Waals surface area contributed by atoms with E-state index in [0.29, 0.717) is 0 Å². The van der Waals surface area contributed by atoms with E-state index in [-0.39, 0.29) is 0 Å². The lowest BCUT2D eigenvalue weighted by Crippen LogP contribution is -2.44. The molecule has 0 unspecified atom stereocenters. The van der Waals surface area contributed by atoms with Crippen molar-refractivity contribution in [1.82, 2.24) is 20.0 Å². The van der Waals surface area contributed by atoms with Crippen LogP contribution in [0.1, 0.15) is 0 Å². The Bertz CT molecular complexity index is 485. The number of rotatable bonds is 3. The first kappa shape index (κ1) is 10.7. The molecule has 2 aromatic rings. The Morgan fingerprint density at radius 2 is 1.94 bits per heavy atom. The van der Waals surface area contributed by atoms with Gasteiger partial charge in [0.15, 0.2) is 0 Å². The van der Waals surface area contributed by atoms with Crippen LogP contribution in [0.15, 0.2) is 30.5 Å². The van der Waals surface area contributed by atoms with Gasteiger partial charge in [-0.2, -0.15) is 5.10 Å². The summed E-state index contributed by atoms with van der Waals surface area (Å²) < 4.78 is 2.11. The number of hydrogen-bond acceptors (Lipinski definition) is 3. The number of para-hydroxylation sites is 1. The molecule has 1 saturated heterocycles. The summed E-state index contributed by atoms with van der Waals surface area (Å²) in [5.41, 5.74) is 1.24. The molecule has 0 atom stereocenters. The predicted molar refractivity (Wildman–Crippen MR) is 69.0 cm³/mol. The van der Waals surface area contributed by atoms with Crippen molar-refractivity contribution in [2.45, 2.75) is 6.54 Å². The molecule has 1 aliphatic rings. The van der Waals surface area contributed by atoms with Crippen molar-refractivity contribution < 1.29 is 0 Å². The minimum absolute atomic E-state index is 0.980. The van der Waals surface area contributed by atoms with E-state index >= 15 is 0 Å². The van der Waals surface area contributed by atoms with Gasteiger partial charge in [-0.05, 0) is 6.07 Å². The third kappa shape index (κ3) is 2.33. The fraction of sp³-hybridized carbons (Fsp3) is 0.462. The molecule has 2 heterocycles. The highest BCUT2D eigenvalue weighted by Crippen LogP contribution is 2.12. The highest BCUT2D eigenvalue weighted by molar-refractivity contribution is 5.78. The van der Waals surface area contributed by atoms with Gasteiger partial charge in [-0.1, -0.05) is 18.2 Å². The predicted octanol–water partition coefficient (Wildman–Crippen LogP) is 0.941. The van der Waals surface area contributed by atoms with Gasteiger partial charge in [-0.15, -0.1) is 0 Å². The van der Waals surface area contributed by atoms with E-state index in [0.717, 1.165) is 39.3 Å². The molecule has 1 aliphatic heterocycles. The maximum atomic E-state index is 4.45. The molecule has 1 aromatic carbocycles. The smallest absolute Gasteiger partial charge is 0.0682 e. The zero-order valence-electron chi connectivity index (χ0n) is 9.97. The van der Waals surface area contributed by atoms with Crippen LogP contribution in [0.2, 0.25) is 0 Å². The lowest BCUT2D eigenvalue weighted by molar-refractivity contribution is 0.230. The van der Waals surface area contributed by atoms with E-state index in [1.165, 1.54) is 10.9 Å². The summed E-state index contributed by atoms with van der Waals surface area (Å²) in [6, 6.07) is 8.39. The SMILES string of the molecule is c1ccc2c(c1)cnn2CCN1CCNCC1. The Hall–Kier alpha value is -1.39. The van der Waals surface area contributed by atoms with E-state index in [1.807, 2.05) is 6.20 Å². The van der Waals surface area contributed by atoms with Crippen LogP contribution in [0, 0.1) is 0 Å². The Morgan fingerprint density at radius 3 is 2.82 bits per heavy atom. The zero-order valence-corrected chi connectivity index (χ0v) is 9.97. The van der Waals surface area contributed by atoms with E-state index < -0.39 is 0 Å². The van der Waals surface area contributed by atoms with Gasteiger partial charge in [0, 0.05) is 38.1 Å². The molecule has 4 nitrogen and oxygen atoms in total. The van der Waals surface area contributed by atoms with E-state index in [1.54, 1.807) is 0 Å². The molecule has 4 heteroatoms. The highest BCUT2D eigenvalue weighted by atomic mass is 15.3. The summed E-state index contributed by atoms with van der Waals surface area (Å²) >= 11 is 0. The number of piperazine rings is 1. The third-order valence-corrected chi connectivity index (χ3v) is 3.39. The van der Waals surface area contributed by atoms with Crippen LogP contribution in [0.5, 0.6) is 0 Å². The molecule has 0 spiro atoms. The van der Waals surface area contributed by atoms with Gasteiger partial charge in [-0.25, -0.2) is 0 Å². The number of fused-ring (bicyclic) bond motifs is 1. The zero-order chi connectivity index (χ0) is 11.5. The monoisotopic (exact) mass is 230 g/mol. The second kappa shape index (κ2) is 4.85. The van der Waals surface area contributed by atoms with Crippen molar-refractivity contribution in [1.29, 1.82) is 0 Å². The molecule has 3 rings (SSSR count). The van der Waals surface area contributed by atoms with Crippen molar-refractivity contribution >= 4 is 10.9 Å². The summed E-state index contributed by atoms with van der Waals surface area (Å²) in [5, 5.41) is 9.06. The summed E-state index contributed by atoms with van der Waals surface area (Å²) in [6.45, 7) is 6.60. The Balaban J connectivity index is 1.68. The molecule has 0 bridgehead atoms. The summed E-state index contributed by atoms with van der Waals surface area (Å²) in [6.07, 6.45) is 1.95. The first-order valence-electron chi connectivity index (χ1n) is 6.27. The van der Waals surface area contributed by atoms with Gasteiger partial charge in [0.25, 0.3) is 0 Å². The van der Waals surface area contributed by atoms with Crippen molar-refractivity contribution in [3.8, 4) is 0 Å². The number of aromatic nitrogens is 2. The van der Waals surface area contributed by atoms with Crippen LogP contribution in [-0.2, 0) is 6.54 Å². The van der Waals surface area contributed by atoms with Crippen molar-refractivity contribution in [3.05, 3.63) is 30.5 Å².